The van der Waals surface area contributed by atoms with Crippen molar-refractivity contribution < 1.29 is 15.0 Å². The third-order valence-corrected chi connectivity index (χ3v) is 1.37. The Labute approximate surface area is 66.0 Å². The summed E-state index contributed by atoms with van der Waals surface area (Å²) in [6.45, 7) is 1.64. The number of aliphatic hydroxyl groups excluding tert-OH is 1. The lowest BCUT2D eigenvalue weighted by Gasteiger charge is -2.11. The molecule has 4 heteroatoms. The molecule has 4 nitrogen and oxygen atoms in total. The van der Waals surface area contributed by atoms with Crippen LogP contribution in [0.15, 0.2) is 0 Å². The van der Waals surface area contributed by atoms with Crippen LogP contribution in [0.4, 0.5) is 0 Å². The lowest BCUT2D eigenvalue weighted by Crippen LogP contribution is -2.25. The molecule has 0 fully saturated rings. The number of nitrogens with two attached hydrogens (primary N) is 1. The lowest BCUT2D eigenvalue weighted by molar-refractivity contribution is -0.137. The molecule has 2 atom stereocenters. The Balaban J connectivity index is 3.37. The Morgan fingerprint density at radius 1 is 1.64 bits per heavy atom. The van der Waals surface area contributed by atoms with Crippen LogP contribution >= 0.6 is 0 Å². The van der Waals surface area contributed by atoms with Crippen LogP contribution in [0.3, 0.4) is 0 Å². The molecular formula is C7H15NO3. The zero-order chi connectivity index (χ0) is 8.85. The van der Waals surface area contributed by atoms with Gasteiger partial charge in [0.25, 0.3) is 0 Å². The molecule has 0 radical (unpaired) electrons. The van der Waals surface area contributed by atoms with Crippen LogP contribution in [0.5, 0.6) is 0 Å². The minimum Gasteiger partial charge on any atom is -0.481 e. The number of aliphatic carboxylic acids is 1. The molecule has 0 saturated heterocycles. The maximum atomic E-state index is 10.1. The average Bonchev–Trinajstić information content (AvgIpc) is 1.82. The van der Waals surface area contributed by atoms with Gasteiger partial charge in [-0.3, -0.25) is 4.79 Å². The fourth-order valence-electron chi connectivity index (χ4n) is 0.865. The molecular weight excluding hydrogens is 146 g/mol. The van der Waals surface area contributed by atoms with E-state index in [1.165, 1.54) is 0 Å². The van der Waals surface area contributed by atoms with E-state index in [9.17, 15) is 4.79 Å². The first kappa shape index (κ1) is 10.4. The average molecular weight is 161 g/mol. The van der Waals surface area contributed by atoms with Gasteiger partial charge >= 0.3 is 5.97 Å². The predicted molar refractivity (Wildman–Crippen MR) is 41.1 cm³/mol. The minimum atomic E-state index is -0.842. The minimum absolute atomic E-state index is 0.0773. The van der Waals surface area contributed by atoms with Crippen molar-refractivity contribution in [1.82, 2.24) is 0 Å². The summed E-state index contributed by atoms with van der Waals surface area (Å²) in [5.41, 5.74) is 5.50. The number of carboxylic acid groups (broad SMARTS) is 1. The van der Waals surface area contributed by atoms with E-state index in [4.69, 9.17) is 15.9 Å². The molecule has 2 unspecified atom stereocenters. The summed E-state index contributed by atoms with van der Waals surface area (Å²) in [5.74, 6) is -0.842. The molecule has 0 saturated carbocycles. The summed E-state index contributed by atoms with van der Waals surface area (Å²) < 4.78 is 0. The zero-order valence-electron chi connectivity index (χ0n) is 6.66. The van der Waals surface area contributed by atoms with Crippen molar-refractivity contribution in [2.24, 2.45) is 5.73 Å². The van der Waals surface area contributed by atoms with E-state index in [0.717, 1.165) is 0 Å². The highest BCUT2D eigenvalue weighted by atomic mass is 16.4. The zero-order valence-corrected chi connectivity index (χ0v) is 6.66. The Bertz CT molecular complexity index is 125. The highest BCUT2D eigenvalue weighted by Gasteiger charge is 2.07. The van der Waals surface area contributed by atoms with Gasteiger partial charge in [-0.25, -0.2) is 0 Å². The van der Waals surface area contributed by atoms with Gasteiger partial charge < -0.3 is 15.9 Å². The van der Waals surface area contributed by atoms with Crippen LogP contribution < -0.4 is 5.73 Å². The summed E-state index contributed by atoms with van der Waals surface area (Å²) >= 11 is 0. The van der Waals surface area contributed by atoms with E-state index in [1.54, 1.807) is 6.92 Å². The second-order valence-corrected chi connectivity index (χ2v) is 2.78. The van der Waals surface area contributed by atoms with Crippen LogP contribution in [-0.4, -0.2) is 28.3 Å². The molecule has 0 rings (SSSR count). The maximum Gasteiger partial charge on any atom is 0.303 e. The van der Waals surface area contributed by atoms with Gasteiger partial charge in [-0.05, 0) is 19.8 Å². The van der Waals surface area contributed by atoms with Crippen molar-refractivity contribution in [3.8, 4) is 0 Å². The van der Waals surface area contributed by atoms with E-state index < -0.39 is 12.1 Å². The van der Waals surface area contributed by atoms with Gasteiger partial charge in [0.1, 0.15) is 0 Å². The highest BCUT2D eigenvalue weighted by molar-refractivity contribution is 5.66. The van der Waals surface area contributed by atoms with Crippen LogP contribution in [0.1, 0.15) is 26.2 Å². The number of hydrogen-bond acceptors (Lipinski definition) is 3. The van der Waals surface area contributed by atoms with Crippen molar-refractivity contribution >= 4 is 5.97 Å². The van der Waals surface area contributed by atoms with Crippen LogP contribution in [0, 0.1) is 0 Å². The quantitative estimate of drug-likeness (QED) is 0.528. The lowest BCUT2D eigenvalue weighted by atomic mass is 10.1. The predicted octanol–water partition coefficient (Wildman–Crippen LogP) is -0.0506. The Kier molecular flexibility index (Phi) is 4.81. The van der Waals surface area contributed by atoms with Gasteiger partial charge in [-0.15, -0.1) is 0 Å². The Morgan fingerprint density at radius 2 is 2.18 bits per heavy atom. The topological polar surface area (TPSA) is 83.5 Å². The summed E-state index contributed by atoms with van der Waals surface area (Å²) in [5, 5.41) is 17.1. The number of hydrogen-bond donors (Lipinski definition) is 3. The van der Waals surface area contributed by atoms with Gasteiger partial charge in [0.15, 0.2) is 0 Å². The van der Waals surface area contributed by atoms with E-state index in [-0.39, 0.29) is 12.5 Å². The molecule has 11 heavy (non-hydrogen) atoms. The normalized spacial score (nSPS) is 15.9. The van der Waals surface area contributed by atoms with Gasteiger partial charge in [-0.2, -0.15) is 0 Å². The SMILES string of the molecule is CC(O)CC(N)CCC(=O)O. The van der Waals surface area contributed by atoms with Crippen molar-refractivity contribution in [2.75, 3.05) is 0 Å². The highest BCUT2D eigenvalue weighted by Crippen LogP contribution is 2.01. The number of rotatable bonds is 5. The molecule has 0 bridgehead atoms. The third kappa shape index (κ3) is 7.29. The largest absolute Gasteiger partial charge is 0.481 e. The molecule has 0 spiro atoms. The molecule has 0 amide bonds. The second kappa shape index (κ2) is 5.09. The Morgan fingerprint density at radius 3 is 2.55 bits per heavy atom. The number of aliphatic hydroxyl groups is 1. The van der Waals surface area contributed by atoms with Gasteiger partial charge in [0, 0.05) is 12.5 Å². The first-order valence-corrected chi connectivity index (χ1v) is 3.67. The first-order chi connectivity index (χ1) is 5.02. The molecule has 66 valence electrons. The van der Waals surface area contributed by atoms with Crippen LogP contribution in [0.2, 0.25) is 0 Å². The van der Waals surface area contributed by atoms with Crippen molar-refractivity contribution in [3.05, 3.63) is 0 Å². The first-order valence-electron chi connectivity index (χ1n) is 3.67. The van der Waals surface area contributed by atoms with Crippen LogP contribution in [-0.2, 0) is 4.79 Å². The summed E-state index contributed by atoms with van der Waals surface area (Å²) in [6, 6.07) is -0.203. The number of carboxylic acids is 1. The third-order valence-electron chi connectivity index (χ3n) is 1.37. The van der Waals surface area contributed by atoms with Gasteiger partial charge in [0.05, 0.1) is 6.10 Å². The molecule has 0 aromatic heterocycles. The molecule has 4 N–H and O–H groups in total. The van der Waals surface area contributed by atoms with E-state index in [2.05, 4.69) is 0 Å². The van der Waals surface area contributed by atoms with Gasteiger partial charge in [-0.1, -0.05) is 0 Å². The van der Waals surface area contributed by atoms with E-state index >= 15 is 0 Å². The van der Waals surface area contributed by atoms with Crippen molar-refractivity contribution in [3.63, 3.8) is 0 Å². The fraction of sp³-hybridized carbons (Fsp3) is 0.857. The summed E-state index contributed by atoms with van der Waals surface area (Å²) in [4.78, 5) is 10.1. The molecule has 0 aromatic carbocycles. The van der Waals surface area contributed by atoms with E-state index in [1.807, 2.05) is 0 Å². The molecule has 0 heterocycles. The standard InChI is InChI=1S/C7H15NO3/c1-5(9)4-6(8)2-3-7(10)11/h5-6,9H,2-4,8H2,1H3,(H,10,11). The second-order valence-electron chi connectivity index (χ2n) is 2.78. The molecule has 0 aliphatic heterocycles. The summed E-state index contributed by atoms with van der Waals surface area (Å²) in [7, 11) is 0. The fourth-order valence-corrected chi connectivity index (χ4v) is 0.865. The number of carbonyl (C=O) groups is 1. The summed E-state index contributed by atoms with van der Waals surface area (Å²) in [6.07, 6.45) is 0.528. The van der Waals surface area contributed by atoms with Gasteiger partial charge in [0.2, 0.25) is 0 Å². The monoisotopic (exact) mass is 161 g/mol. The molecule has 0 aromatic rings. The van der Waals surface area contributed by atoms with E-state index in [0.29, 0.717) is 12.8 Å². The molecule has 0 aliphatic rings. The van der Waals surface area contributed by atoms with Crippen molar-refractivity contribution in [1.29, 1.82) is 0 Å². The molecule has 0 aliphatic carbocycles. The van der Waals surface area contributed by atoms with Crippen LogP contribution in [0.25, 0.3) is 0 Å². The Hall–Kier alpha value is -0.610. The van der Waals surface area contributed by atoms with Crippen molar-refractivity contribution in [2.45, 2.75) is 38.3 Å². The smallest absolute Gasteiger partial charge is 0.303 e. The maximum absolute atomic E-state index is 10.1.